The van der Waals surface area contributed by atoms with Gasteiger partial charge in [0, 0.05) is 16.7 Å². The van der Waals surface area contributed by atoms with Crippen LogP contribution in [0, 0.1) is 10.1 Å². The Morgan fingerprint density at radius 3 is 2.74 bits per heavy atom. The van der Waals surface area contributed by atoms with E-state index in [2.05, 4.69) is 26.2 Å². The van der Waals surface area contributed by atoms with Crippen molar-refractivity contribution in [3.63, 3.8) is 0 Å². The number of nitro groups is 1. The molecule has 0 fully saturated rings. The van der Waals surface area contributed by atoms with Crippen LogP contribution in [0.15, 0.2) is 34.9 Å². The monoisotopic (exact) mass is 379 g/mol. The molecule has 1 aliphatic heterocycles. The summed E-state index contributed by atoms with van der Waals surface area (Å²) in [5.41, 5.74) is 0.835. The lowest BCUT2D eigenvalue weighted by Gasteiger charge is -2.22. The molecule has 0 saturated heterocycles. The third-order valence-corrected chi connectivity index (χ3v) is 4.15. The molecule has 1 N–H and O–H groups in total. The molecular formula is C15H14BrN3O4. The van der Waals surface area contributed by atoms with Gasteiger partial charge in [0.15, 0.2) is 11.5 Å². The third kappa shape index (κ3) is 3.21. The van der Waals surface area contributed by atoms with Crippen LogP contribution in [-0.2, 0) is 0 Å². The van der Waals surface area contributed by atoms with Crippen molar-refractivity contribution >= 4 is 27.4 Å². The summed E-state index contributed by atoms with van der Waals surface area (Å²) in [4.78, 5) is 14.7. The van der Waals surface area contributed by atoms with Crippen LogP contribution in [0.2, 0.25) is 0 Å². The summed E-state index contributed by atoms with van der Waals surface area (Å²) >= 11 is 3.51. The Balaban J connectivity index is 1.89. The van der Waals surface area contributed by atoms with E-state index in [9.17, 15) is 10.1 Å². The van der Waals surface area contributed by atoms with Gasteiger partial charge in [0.25, 0.3) is 0 Å². The average molecular weight is 380 g/mol. The maximum Gasteiger partial charge on any atom is 0.311 e. The van der Waals surface area contributed by atoms with Gasteiger partial charge >= 0.3 is 5.69 Å². The predicted octanol–water partition coefficient (Wildman–Crippen LogP) is 3.70. The lowest BCUT2D eigenvalue weighted by Crippen LogP contribution is -2.16. The molecule has 2 heterocycles. The van der Waals surface area contributed by atoms with Gasteiger partial charge in [-0.05, 0) is 30.7 Å². The number of fused-ring (bicyclic) bond motifs is 1. The van der Waals surface area contributed by atoms with E-state index in [1.165, 1.54) is 18.3 Å². The molecule has 0 bridgehead atoms. The van der Waals surface area contributed by atoms with Gasteiger partial charge in [-0.25, -0.2) is 4.98 Å². The molecule has 120 valence electrons. The summed E-state index contributed by atoms with van der Waals surface area (Å²) < 4.78 is 11.9. The fourth-order valence-electron chi connectivity index (χ4n) is 2.35. The van der Waals surface area contributed by atoms with Crippen molar-refractivity contribution in [1.29, 1.82) is 0 Å². The topological polar surface area (TPSA) is 86.5 Å². The van der Waals surface area contributed by atoms with E-state index in [-0.39, 0.29) is 17.5 Å². The van der Waals surface area contributed by atoms with Crippen molar-refractivity contribution in [3.8, 4) is 11.5 Å². The number of anilines is 1. The first kappa shape index (κ1) is 15.5. The Morgan fingerprint density at radius 1 is 1.35 bits per heavy atom. The maximum absolute atomic E-state index is 11.1. The van der Waals surface area contributed by atoms with Gasteiger partial charge in [-0.15, -0.1) is 0 Å². The predicted molar refractivity (Wildman–Crippen MR) is 88.1 cm³/mol. The van der Waals surface area contributed by atoms with Crippen LogP contribution < -0.4 is 14.8 Å². The fourth-order valence-corrected chi connectivity index (χ4v) is 3.02. The normalized spacial score (nSPS) is 14.2. The first-order valence-corrected chi connectivity index (χ1v) is 7.80. The minimum absolute atomic E-state index is 0.0620. The van der Waals surface area contributed by atoms with E-state index in [4.69, 9.17) is 9.47 Å². The molecule has 1 unspecified atom stereocenters. The summed E-state index contributed by atoms with van der Waals surface area (Å²) in [6, 6.07) is 6.45. The summed E-state index contributed by atoms with van der Waals surface area (Å²) in [6.45, 7) is 2.92. The van der Waals surface area contributed by atoms with Crippen LogP contribution >= 0.6 is 15.9 Å². The van der Waals surface area contributed by atoms with Crippen molar-refractivity contribution in [2.45, 2.75) is 13.0 Å². The Bertz CT molecular complexity index is 753. The van der Waals surface area contributed by atoms with E-state index in [0.29, 0.717) is 24.7 Å². The summed E-state index contributed by atoms with van der Waals surface area (Å²) in [6.07, 6.45) is 1.51. The highest BCUT2D eigenvalue weighted by molar-refractivity contribution is 9.10. The van der Waals surface area contributed by atoms with Gasteiger partial charge in [0.05, 0.1) is 11.0 Å². The summed E-state index contributed by atoms with van der Waals surface area (Å²) in [5.74, 6) is 1.58. The standard InChI is InChI=1S/C15H14BrN3O4/c1-9(18-15-12(19(20)21)3-2-4-17-15)10-7-13-14(8-11(10)16)23-6-5-22-13/h2-4,7-9H,5-6H2,1H3,(H,17,18). The van der Waals surface area contributed by atoms with Crippen molar-refractivity contribution in [2.75, 3.05) is 18.5 Å². The Labute approximate surface area is 140 Å². The highest BCUT2D eigenvalue weighted by Gasteiger charge is 2.21. The number of ether oxygens (including phenoxy) is 2. The molecule has 0 radical (unpaired) electrons. The van der Waals surface area contributed by atoms with Crippen LogP contribution in [0.3, 0.4) is 0 Å². The highest BCUT2D eigenvalue weighted by Crippen LogP contribution is 2.38. The largest absolute Gasteiger partial charge is 0.486 e. The zero-order valence-electron chi connectivity index (χ0n) is 12.3. The van der Waals surface area contributed by atoms with Crippen LogP contribution in [0.1, 0.15) is 18.5 Å². The number of hydrogen-bond donors (Lipinski definition) is 1. The fraction of sp³-hybridized carbons (Fsp3) is 0.267. The molecule has 1 aromatic carbocycles. The number of halogens is 1. The Kier molecular flexibility index (Phi) is 4.33. The molecule has 0 spiro atoms. The molecule has 1 aromatic heterocycles. The summed E-state index contributed by atoms with van der Waals surface area (Å²) in [7, 11) is 0. The van der Waals surface area contributed by atoms with Crippen LogP contribution in [0.5, 0.6) is 11.5 Å². The molecule has 23 heavy (non-hydrogen) atoms. The van der Waals surface area contributed by atoms with Crippen LogP contribution in [0.4, 0.5) is 11.5 Å². The molecule has 2 aromatic rings. The number of nitrogens with zero attached hydrogens (tertiary/aromatic N) is 2. The smallest absolute Gasteiger partial charge is 0.311 e. The minimum atomic E-state index is -0.457. The molecule has 3 rings (SSSR count). The molecule has 7 nitrogen and oxygen atoms in total. The van der Waals surface area contributed by atoms with Crippen molar-refractivity contribution in [1.82, 2.24) is 4.98 Å². The van der Waals surface area contributed by atoms with Gasteiger partial charge < -0.3 is 14.8 Å². The first-order valence-electron chi connectivity index (χ1n) is 7.01. The SMILES string of the molecule is CC(Nc1ncccc1[N+](=O)[O-])c1cc2c(cc1Br)OCCO2. The van der Waals surface area contributed by atoms with E-state index in [1.807, 2.05) is 19.1 Å². The minimum Gasteiger partial charge on any atom is -0.486 e. The molecule has 1 aliphatic rings. The van der Waals surface area contributed by atoms with E-state index in [0.717, 1.165) is 10.0 Å². The van der Waals surface area contributed by atoms with Crippen molar-refractivity contribution in [3.05, 3.63) is 50.6 Å². The number of benzene rings is 1. The van der Waals surface area contributed by atoms with Gasteiger partial charge in [0.2, 0.25) is 5.82 Å². The molecule has 1 atom stereocenters. The summed E-state index contributed by atoms with van der Waals surface area (Å²) in [5, 5.41) is 14.2. The lowest BCUT2D eigenvalue weighted by molar-refractivity contribution is -0.384. The molecule has 8 heteroatoms. The van der Waals surface area contributed by atoms with E-state index in [1.54, 1.807) is 0 Å². The quantitative estimate of drug-likeness (QED) is 0.643. The molecule has 0 saturated carbocycles. The molecule has 0 amide bonds. The molecular weight excluding hydrogens is 366 g/mol. The van der Waals surface area contributed by atoms with E-state index >= 15 is 0 Å². The number of pyridine rings is 1. The van der Waals surface area contributed by atoms with Crippen molar-refractivity contribution < 1.29 is 14.4 Å². The highest BCUT2D eigenvalue weighted by atomic mass is 79.9. The van der Waals surface area contributed by atoms with Crippen molar-refractivity contribution in [2.24, 2.45) is 0 Å². The Morgan fingerprint density at radius 2 is 2.04 bits per heavy atom. The lowest BCUT2D eigenvalue weighted by atomic mass is 10.1. The third-order valence-electron chi connectivity index (χ3n) is 3.46. The second kappa shape index (κ2) is 6.41. The van der Waals surface area contributed by atoms with Gasteiger partial charge in [-0.3, -0.25) is 10.1 Å². The zero-order valence-corrected chi connectivity index (χ0v) is 13.9. The van der Waals surface area contributed by atoms with Crippen LogP contribution in [-0.4, -0.2) is 23.1 Å². The number of hydrogen-bond acceptors (Lipinski definition) is 6. The van der Waals surface area contributed by atoms with Crippen LogP contribution in [0.25, 0.3) is 0 Å². The second-order valence-corrected chi connectivity index (χ2v) is 5.87. The zero-order chi connectivity index (χ0) is 16.4. The average Bonchev–Trinajstić information content (AvgIpc) is 2.54. The van der Waals surface area contributed by atoms with Gasteiger partial charge in [-0.1, -0.05) is 15.9 Å². The van der Waals surface area contributed by atoms with E-state index < -0.39 is 4.92 Å². The Hall–Kier alpha value is -2.35. The number of nitrogens with one attached hydrogen (secondary N) is 1. The number of rotatable bonds is 4. The maximum atomic E-state index is 11.1. The first-order chi connectivity index (χ1) is 11.1. The number of aromatic nitrogens is 1. The van der Waals surface area contributed by atoms with Gasteiger partial charge in [-0.2, -0.15) is 0 Å². The molecule has 0 aliphatic carbocycles. The van der Waals surface area contributed by atoms with Gasteiger partial charge in [0.1, 0.15) is 13.2 Å². The second-order valence-electron chi connectivity index (χ2n) is 5.01.